The van der Waals surface area contributed by atoms with E-state index in [9.17, 15) is 15.0 Å². The second-order valence-corrected chi connectivity index (χ2v) is 5.00. The number of nitrogens with one attached hydrogen (secondary N) is 1. The Morgan fingerprint density at radius 2 is 1.77 bits per heavy atom. The number of aromatic carboxylic acids is 1. The summed E-state index contributed by atoms with van der Waals surface area (Å²) in [5.74, 6) is -1.78. The van der Waals surface area contributed by atoms with Crippen LogP contribution in [0.1, 0.15) is 15.9 Å². The molecule has 0 aliphatic heterocycles. The van der Waals surface area contributed by atoms with Crippen molar-refractivity contribution in [2.45, 2.75) is 0 Å². The second-order valence-electron chi connectivity index (χ2n) is 4.21. The van der Waals surface area contributed by atoms with Gasteiger partial charge in [0.2, 0.25) is 0 Å². The Bertz CT molecular complexity index is 745. The molecule has 0 saturated heterocycles. The highest BCUT2D eigenvalue weighted by molar-refractivity contribution is 6.38. The molecule has 0 aliphatic rings. The van der Waals surface area contributed by atoms with Gasteiger partial charge in [-0.1, -0.05) is 23.2 Å². The SMILES string of the molecule is O=C(O)c1ccc(NN=Cc2cc(Cl)c(O)c(Cl)c2O)cc1. The molecule has 2 rings (SSSR count). The van der Waals surface area contributed by atoms with Crippen LogP contribution in [0.4, 0.5) is 5.69 Å². The molecular weight excluding hydrogens is 331 g/mol. The quantitative estimate of drug-likeness (QED) is 0.503. The van der Waals surface area contributed by atoms with Crippen molar-refractivity contribution >= 4 is 41.1 Å². The lowest BCUT2D eigenvalue weighted by Crippen LogP contribution is -1.96. The standard InChI is InChI=1S/C14H10Cl2N2O4/c15-10-5-8(12(19)11(16)13(10)20)6-17-18-9-3-1-7(2-4-9)14(21)22/h1-6,18-20H,(H,21,22). The number of phenolic OH excluding ortho intramolecular Hbond substituents is 2. The van der Waals surface area contributed by atoms with Crippen molar-refractivity contribution in [2.75, 3.05) is 5.43 Å². The Kier molecular flexibility index (Phi) is 4.75. The summed E-state index contributed by atoms with van der Waals surface area (Å²) in [5, 5.41) is 31.6. The fourth-order valence-electron chi connectivity index (χ4n) is 1.58. The van der Waals surface area contributed by atoms with Gasteiger partial charge in [0.15, 0.2) is 5.75 Å². The van der Waals surface area contributed by atoms with Gasteiger partial charge in [-0.05, 0) is 30.3 Å². The number of rotatable bonds is 4. The maximum Gasteiger partial charge on any atom is 0.335 e. The van der Waals surface area contributed by atoms with E-state index in [-0.39, 0.29) is 26.9 Å². The second kappa shape index (κ2) is 6.55. The van der Waals surface area contributed by atoms with Crippen molar-refractivity contribution in [3.63, 3.8) is 0 Å². The van der Waals surface area contributed by atoms with Gasteiger partial charge in [-0.15, -0.1) is 0 Å². The molecule has 22 heavy (non-hydrogen) atoms. The summed E-state index contributed by atoms with van der Waals surface area (Å²) in [4.78, 5) is 10.7. The van der Waals surface area contributed by atoms with Crippen molar-refractivity contribution in [1.29, 1.82) is 0 Å². The molecule has 0 saturated carbocycles. The molecule has 0 spiro atoms. The van der Waals surface area contributed by atoms with Gasteiger partial charge in [-0.3, -0.25) is 5.43 Å². The smallest absolute Gasteiger partial charge is 0.335 e. The number of halogens is 2. The van der Waals surface area contributed by atoms with Gasteiger partial charge in [-0.2, -0.15) is 5.10 Å². The number of nitrogens with zero attached hydrogens (tertiary/aromatic N) is 1. The summed E-state index contributed by atoms with van der Waals surface area (Å²) in [6.45, 7) is 0. The highest BCUT2D eigenvalue weighted by atomic mass is 35.5. The lowest BCUT2D eigenvalue weighted by atomic mass is 10.2. The largest absolute Gasteiger partial charge is 0.506 e. The molecule has 0 unspecified atom stereocenters. The van der Waals surface area contributed by atoms with Crippen LogP contribution >= 0.6 is 23.2 Å². The minimum atomic E-state index is -1.02. The Hall–Kier alpha value is -2.44. The van der Waals surface area contributed by atoms with Gasteiger partial charge in [-0.25, -0.2) is 4.79 Å². The molecule has 8 heteroatoms. The number of carbonyl (C=O) groups is 1. The van der Waals surface area contributed by atoms with E-state index in [0.717, 1.165) is 0 Å². The fraction of sp³-hybridized carbons (Fsp3) is 0. The van der Waals surface area contributed by atoms with E-state index in [1.165, 1.54) is 36.5 Å². The zero-order valence-corrected chi connectivity index (χ0v) is 12.4. The predicted molar refractivity (Wildman–Crippen MR) is 84.4 cm³/mol. The van der Waals surface area contributed by atoms with Crippen LogP contribution in [0, 0.1) is 0 Å². The molecule has 0 heterocycles. The average Bonchev–Trinajstić information content (AvgIpc) is 2.50. The minimum absolute atomic E-state index is 0.0185. The van der Waals surface area contributed by atoms with Crippen molar-refractivity contribution < 1.29 is 20.1 Å². The third-order valence-electron chi connectivity index (χ3n) is 2.73. The van der Waals surface area contributed by atoms with Crippen LogP contribution in [0.25, 0.3) is 0 Å². The van der Waals surface area contributed by atoms with Gasteiger partial charge in [0.05, 0.1) is 22.5 Å². The zero-order chi connectivity index (χ0) is 16.3. The van der Waals surface area contributed by atoms with E-state index in [0.29, 0.717) is 5.69 Å². The van der Waals surface area contributed by atoms with Gasteiger partial charge in [0.25, 0.3) is 0 Å². The number of carboxylic acids is 1. The van der Waals surface area contributed by atoms with Crippen LogP contribution in [0.5, 0.6) is 11.5 Å². The lowest BCUT2D eigenvalue weighted by Gasteiger charge is -2.06. The van der Waals surface area contributed by atoms with Crippen molar-refractivity contribution in [2.24, 2.45) is 5.10 Å². The van der Waals surface area contributed by atoms with Crippen LogP contribution < -0.4 is 5.43 Å². The first kappa shape index (κ1) is 15.9. The molecule has 0 fully saturated rings. The van der Waals surface area contributed by atoms with Gasteiger partial charge in [0.1, 0.15) is 10.8 Å². The van der Waals surface area contributed by atoms with Crippen LogP contribution in [0.3, 0.4) is 0 Å². The molecular formula is C14H10Cl2N2O4. The lowest BCUT2D eigenvalue weighted by molar-refractivity contribution is 0.0697. The number of carboxylic acid groups (broad SMARTS) is 1. The number of benzene rings is 2. The van der Waals surface area contributed by atoms with E-state index in [1.54, 1.807) is 0 Å². The Morgan fingerprint density at radius 1 is 1.14 bits per heavy atom. The molecule has 0 aliphatic carbocycles. The van der Waals surface area contributed by atoms with Crippen molar-refractivity contribution in [3.8, 4) is 11.5 Å². The summed E-state index contributed by atoms with van der Waals surface area (Å²) >= 11 is 11.5. The summed E-state index contributed by atoms with van der Waals surface area (Å²) < 4.78 is 0. The van der Waals surface area contributed by atoms with E-state index in [2.05, 4.69) is 10.5 Å². The van der Waals surface area contributed by atoms with Crippen molar-refractivity contribution in [1.82, 2.24) is 0 Å². The fourth-order valence-corrected chi connectivity index (χ4v) is 2.05. The number of hydrogen-bond donors (Lipinski definition) is 4. The van der Waals surface area contributed by atoms with E-state index in [4.69, 9.17) is 28.3 Å². The zero-order valence-electron chi connectivity index (χ0n) is 10.9. The normalized spacial score (nSPS) is 10.8. The molecule has 0 bridgehead atoms. The molecule has 0 atom stereocenters. The predicted octanol–water partition coefficient (Wildman–Crippen LogP) is 3.55. The highest BCUT2D eigenvalue weighted by Gasteiger charge is 2.13. The first-order valence-electron chi connectivity index (χ1n) is 5.92. The molecule has 2 aromatic rings. The number of aromatic hydroxyl groups is 2. The minimum Gasteiger partial charge on any atom is -0.506 e. The van der Waals surface area contributed by atoms with Crippen LogP contribution in [0.2, 0.25) is 10.0 Å². The average molecular weight is 341 g/mol. The maximum absolute atomic E-state index is 10.7. The molecule has 2 aromatic carbocycles. The summed E-state index contributed by atoms with van der Waals surface area (Å²) in [6, 6.07) is 7.23. The number of hydrazone groups is 1. The number of phenols is 2. The highest BCUT2D eigenvalue weighted by Crippen LogP contribution is 2.40. The van der Waals surface area contributed by atoms with Crippen LogP contribution in [0.15, 0.2) is 35.4 Å². The summed E-state index contributed by atoms with van der Waals surface area (Å²) in [6.07, 6.45) is 1.26. The van der Waals surface area contributed by atoms with Crippen LogP contribution in [-0.2, 0) is 0 Å². The maximum atomic E-state index is 10.7. The summed E-state index contributed by atoms with van der Waals surface area (Å²) in [7, 11) is 0. The number of anilines is 1. The Balaban J connectivity index is 2.14. The summed E-state index contributed by atoms with van der Waals surface area (Å²) in [5.41, 5.74) is 3.58. The third kappa shape index (κ3) is 3.41. The number of hydrogen-bond acceptors (Lipinski definition) is 5. The Labute approximate surface area is 135 Å². The third-order valence-corrected chi connectivity index (χ3v) is 3.37. The Morgan fingerprint density at radius 3 is 2.36 bits per heavy atom. The van der Waals surface area contributed by atoms with E-state index < -0.39 is 11.7 Å². The van der Waals surface area contributed by atoms with E-state index in [1.807, 2.05) is 0 Å². The molecule has 6 nitrogen and oxygen atoms in total. The first-order chi connectivity index (χ1) is 10.4. The topological polar surface area (TPSA) is 102 Å². The molecule has 0 aromatic heterocycles. The van der Waals surface area contributed by atoms with Gasteiger partial charge < -0.3 is 15.3 Å². The van der Waals surface area contributed by atoms with Crippen LogP contribution in [-0.4, -0.2) is 27.5 Å². The molecule has 114 valence electrons. The van der Waals surface area contributed by atoms with Gasteiger partial charge in [0, 0.05) is 5.56 Å². The van der Waals surface area contributed by atoms with E-state index >= 15 is 0 Å². The van der Waals surface area contributed by atoms with Gasteiger partial charge >= 0.3 is 5.97 Å². The van der Waals surface area contributed by atoms with Crippen molar-refractivity contribution in [3.05, 3.63) is 51.5 Å². The first-order valence-corrected chi connectivity index (χ1v) is 6.68. The monoisotopic (exact) mass is 340 g/mol. The molecule has 4 N–H and O–H groups in total. The molecule has 0 radical (unpaired) electrons. The molecule has 0 amide bonds.